The van der Waals surface area contributed by atoms with Gasteiger partial charge in [0.1, 0.15) is 0 Å². The number of carbonyl (C=O) groups excluding carboxylic acids is 1. The van der Waals surface area contributed by atoms with Gasteiger partial charge in [-0.05, 0) is 24.3 Å². The van der Waals surface area contributed by atoms with Crippen LogP contribution in [-0.2, 0) is 4.79 Å². The van der Waals surface area contributed by atoms with Crippen molar-refractivity contribution in [3.05, 3.63) is 29.3 Å². The Balaban J connectivity index is 2.03. The van der Waals surface area contributed by atoms with Crippen molar-refractivity contribution >= 4 is 23.2 Å². The average Bonchev–Trinajstić information content (AvgIpc) is 2.78. The smallest absolute Gasteiger partial charge is 0.223 e. The van der Waals surface area contributed by atoms with E-state index in [-0.39, 0.29) is 5.91 Å². The van der Waals surface area contributed by atoms with Crippen molar-refractivity contribution < 1.29 is 4.79 Å². The second-order valence-electron chi connectivity index (χ2n) is 3.89. The van der Waals surface area contributed by atoms with Crippen molar-refractivity contribution in [2.75, 3.05) is 24.7 Å². The summed E-state index contributed by atoms with van der Waals surface area (Å²) in [5, 5.41) is 0.740. The van der Waals surface area contributed by atoms with Gasteiger partial charge in [0.2, 0.25) is 5.91 Å². The van der Waals surface area contributed by atoms with Crippen LogP contribution in [0.25, 0.3) is 0 Å². The Bertz CT molecular complexity index is 377. The highest BCUT2D eigenvalue weighted by molar-refractivity contribution is 6.30. The summed E-state index contributed by atoms with van der Waals surface area (Å²) in [4.78, 5) is 15.6. The first-order valence-electron chi connectivity index (χ1n) is 5.49. The highest BCUT2D eigenvalue weighted by Crippen LogP contribution is 2.20. The molecule has 86 valence electrons. The summed E-state index contributed by atoms with van der Waals surface area (Å²) in [6.07, 6.45) is 0.578. The van der Waals surface area contributed by atoms with Crippen LogP contribution in [-0.4, -0.2) is 30.6 Å². The molecule has 0 saturated carbocycles. The Labute approximate surface area is 101 Å². The summed E-state index contributed by atoms with van der Waals surface area (Å²) < 4.78 is 0. The van der Waals surface area contributed by atoms with Gasteiger partial charge in [0.05, 0.1) is 6.67 Å². The molecule has 1 fully saturated rings. The molecule has 0 aliphatic carbocycles. The molecule has 1 aromatic rings. The van der Waals surface area contributed by atoms with Crippen molar-refractivity contribution in [3.63, 3.8) is 0 Å². The van der Waals surface area contributed by atoms with Gasteiger partial charge in [-0.3, -0.25) is 4.79 Å². The van der Waals surface area contributed by atoms with Gasteiger partial charge in [0, 0.05) is 30.2 Å². The molecule has 1 heterocycles. The summed E-state index contributed by atoms with van der Waals surface area (Å²) in [6, 6.07) is 7.73. The maximum absolute atomic E-state index is 11.5. The van der Waals surface area contributed by atoms with Gasteiger partial charge in [-0.1, -0.05) is 18.5 Å². The van der Waals surface area contributed by atoms with Crippen LogP contribution in [0.4, 0.5) is 5.69 Å². The lowest BCUT2D eigenvalue weighted by atomic mass is 10.3. The zero-order chi connectivity index (χ0) is 11.5. The van der Waals surface area contributed by atoms with E-state index in [9.17, 15) is 4.79 Å². The van der Waals surface area contributed by atoms with Crippen LogP contribution in [0.1, 0.15) is 13.3 Å². The van der Waals surface area contributed by atoms with E-state index in [2.05, 4.69) is 4.90 Å². The van der Waals surface area contributed by atoms with Gasteiger partial charge in [-0.2, -0.15) is 0 Å². The lowest BCUT2D eigenvalue weighted by Gasteiger charge is -2.19. The number of rotatable bonds is 2. The molecule has 16 heavy (non-hydrogen) atoms. The van der Waals surface area contributed by atoms with Gasteiger partial charge in [-0.15, -0.1) is 0 Å². The molecule has 0 bridgehead atoms. The van der Waals surface area contributed by atoms with E-state index in [1.54, 1.807) is 0 Å². The average molecular weight is 239 g/mol. The Kier molecular flexibility index (Phi) is 3.34. The molecular weight excluding hydrogens is 224 g/mol. The summed E-state index contributed by atoms with van der Waals surface area (Å²) in [5.74, 6) is 0.219. The van der Waals surface area contributed by atoms with E-state index in [4.69, 9.17) is 11.6 Å². The molecule has 0 aromatic heterocycles. The van der Waals surface area contributed by atoms with Crippen molar-refractivity contribution in [2.24, 2.45) is 0 Å². The lowest BCUT2D eigenvalue weighted by molar-refractivity contribution is -0.129. The monoisotopic (exact) mass is 238 g/mol. The predicted octanol–water partition coefficient (Wildman–Crippen LogP) is 2.36. The van der Waals surface area contributed by atoms with Crippen molar-refractivity contribution in [1.29, 1.82) is 0 Å². The fraction of sp³-hybridized carbons (Fsp3) is 0.417. The van der Waals surface area contributed by atoms with Crippen LogP contribution in [0.2, 0.25) is 5.02 Å². The van der Waals surface area contributed by atoms with Gasteiger partial charge in [0.25, 0.3) is 0 Å². The summed E-state index contributed by atoms with van der Waals surface area (Å²) in [6.45, 7) is 4.30. The second kappa shape index (κ2) is 4.74. The SMILES string of the molecule is CCC(=O)N1CCN(c2ccc(Cl)cc2)C1. The Morgan fingerprint density at radius 3 is 2.62 bits per heavy atom. The highest BCUT2D eigenvalue weighted by Gasteiger charge is 2.22. The molecule has 0 atom stereocenters. The normalized spacial score (nSPS) is 15.6. The molecule has 0 N–H and O–H groups in total. The van der Waals surface area contributed by atoms with Gasteiger partial charge >= 0.3 is 0 Å². The molecule has 1 aliphatic rings. The maximum Gasteiger partial charge on any atom is 0.223 e. The van der Waals surface area contributed by atoms with E-state index in [0.717, 1.165) is 23.8 Å². The highest BCUT2D eigenvalue weighted by atomic mass is 35.5. The molecule has 0 spiro atoms. The fourth-order valence-corrected chi connectivity index (χ4v) is 2.00. The van der Waals surface area contributed by atoms with E-state index in [1.807, 2.05) is 36.1 Å². The van der Waals surface area contributed by atoms with Gasteiger partial charge in [-0.25, -0.2) is 0 Å². The Hall–Kier alpha value is -1.22. The Morgan fingerprint density at radius 1 is 1.31 bits per heavy atom. The quantitative estimate of drug-likeness (QED) is 0.790. The van der Waals surface area contributed by atoms with E-state index in [0.29, 0.717) is 13.1 Å². The number of anilines is 1. The van der Waals surface area contributed by atoms with Crippen LogP contribution in [0.15, 0.2) is 24.3 Å². The van der Waals surface area contributed by atoms with Crippen LogP contribution >= 0.6 is 11.6 Å². The molecule has 0 radical (unpaired) electrons. The first kappa shape index (κ1) is 11.3. The number of nitrogens with zero attached hydrogens (tertiary/aromatic N) is 2. The molecule has 1 saturated heterocycles. The van der Waals surface area contributed by atoms with Crippen LogP contribution in [0, 0.1) is 0 Å². The summed E-state index contributed by atoms with van der Waals surface area (Å²) in [5.41, 5.74) is 1.12. The minimum atomic E-state index is 0.219. The van der Waals surface area contributed by atoms with Crippen LogP contribution in [0.5, 0.6) is 0 Å². The molecule has 0 unspecified atom stereocenters. The molecule has 1 aliphatic heterocycles. The molecule has 2 rings (SSSR count). The zero-order valence-corrected chi connectivity index (χ0v) is 10.1. The molecule has 3 nitrogen and oxygen atoms in total. The predicted molar refractivity (Wildman–Crippen MR) is 65.7 cm³/mol. The first-order valence-corrected chi connectivity index (χ1v) is 5.87. The third-order valence-electron chi connectivity index (χ3n) is 2.83. The van der Waals surface area contributed by atoms with Gasteiger partial charge < -0.3 is 9.80 Å². The van der Waals surface area contributed by atoms with E-state index >= 15 is 0 Å². The summed E-state index contributed by atoms with van der Waals surface area (Å²) >= 11 is 5.84. The van der Waals surface area contributed by atoms with Crippen molar-refractivity contribution in [2.45, 2.75) is 13.3 Å². The first-order chi connectivity index (χ1) is 7.70. The number of amides is 1. The van der Waals surface area contributed by atoms with Crippen LogP contribution < -0.4 is 4.90 Å². The van der Waals surface area contributed by atoms with E-state index < -0.39 is 0 Å². The standard InChI is InChI=1S/C12H15ClN2O/c1-2-12(16)15-8-7-14(9-15)11-5-3-10(13)4-6-11/h3-6H,2,7-9H2,1H3. The minimum absolute atomic E-state index is 0.219. The second-order valence-corrected chi connectivity index (χ2v) is 4.33. The van der Waals surface area contributed by atoms with Gasteiger partial charge in [0.15, 0.2) is 0 Å². The molecule has 4 heteroatoms. The minimum Gasteiger partial charge on any atom is -0.352 e. The lowest BCUT2D eigenvalue weighted by Crippen LogP contribution is -2.30. The third kappa shape index (κ3) is 2.30. The number of hydrogen-bond acceptors (Lipinski definition) is 2. The zero-order valence-electron chi connectivity index (χ0n) is 9.32. The number of halogens is 1. The third-order valence-corrected chi connectivity index (χ3v) is 3.08. The number of benzene rings is 1. The molecule has 1 amide bonds. The molecule has 1 aromatic carbocycles. The maximum atomic E-state index is 11.5. The topological polar surface area (TPSA) is 23.6 Å². The number of carbonyl (C=O) groups is 1. The van der Waals surface area contributed by atoms with Crippen molar-refractivity contribution in [3.8, 4) is 0 Å². The van der Waals surface area contributed by atoms with E-state index in [1.165, 1.54) is 0 Å². The largest absolute Gasteiger partial charge is 0.352 e. The number of hydrogen-bond donors (Lipinski definition) is 0. The van der Waals surface area contributed by atoms with Crippen molar-refractivity contribution in [1.82, 2.24) is 4.90 Å². The molecular formula is C12H15ClN2O. The Morgan fingerprint density at radius 2 is 2.00 bits per heavy atom. The fourth-order valence-electron chi connectivity index (χ4n) is 1.88. The van der Waals surface area contributed by atoms with Crippen LogP contribution in [0.3, 0.4) is 0 Å². The summed E-state index contributed by atoms with van der Waals surface area (Å²) in [7, 11) is 0.